The molecule has 2 aromatic heterocycles. The van der Waals surface area contributed by atoms with Crippen molar-refractivity contribution in [3.63, 3.8) is 0 Å². The Hall–Kier alpha value is -1.95. The largest absolute Gasteiger partial charge is 0.363 e. The van der Waals surface area contributed by atoms with Crippen molar-refractivity contribution < 1.29 is 0 Å². The van der Waals surface area contributed by atoms with E-state index in [0.29, 0.717) is 13.1 Å². The van der Waals surface area contributed by atoms with E-state index in [9.17, 15) is 0 Å². The van der Waals surface area contributed by atoms with Crippen LogP contribution in [0.5, 0.6) is 0 Å². The zero-order valence-electron chi connectivity index (χ0n) is 8.17. The van der Waals surface area contributed by atoms with Gasteiger partial charge in [0.25, 0.3) is 0 Å². The predicted molar refractivity (Wildman–Crippen MR) is 57.5 cm³/mol. The number of hydrogen-bond donors (Lipinski definition) is 2. The van der Waals surface area contributed by atoms with E-state index in [1.165, 1.54) is 0 Å². The summed E-state index contributed by atoms with van der Waals surface area (Å²) in [5.41, 5.74) is 6.05. The summed E-state index contributed by atoms with van der Waals surface area (Å²) < 4.78 is 1.81. The van der Waals surface area contributed by atoms with E-state index in [-0.39, 0.29) is 0 Å². The third-order valence-corrected chi connectivity index (χ3v) is 1.91. The fraction of sp³-hybridized carbons (Fsp3) is 0.222. The summed E-state index contributed by atoms with van der Waals surface area (Å²) in [5.74, 6) is 0.719. The summed E-state index contributed by atoms with van der Waals surface area (Å²) in [7, 11) is 0. The van der Waals surface area contributed by atoms with Crippen LogP contribution < -0.4 is 11.1 Å². The van der Waals surface area contributed by atoms with Gasteiger partial charge in [-0.2, -0.15) is 0 Å². The molecule has 0 radical (unpaired) electrons. The molecular formula is C9H12N6. The van der Waals surface area contributed by atoms with Crippen molar-refractivity contribution in [2.75, 3.05) is 18.4 Å². The molecule has 0 atom stereocenters. The van der Waals surface area contributed by atoms with Gasteiger partial charge < -0.3 is 11.1 Å². The molecule has 2 heterocycles. The minimum Gasteiger partial charge on any atom is -0.363 e. The quantitative estimate of drug-likeness (QED) is 0.688. The molecule has 0 aromatic carbocycles. The summed E-state index contributed by atoms with van der Waals surface area (Å²) in [6.45, 7) is 1.22. The topological polar surface area (TPSA) is 81.1 Å². The van der Waals surface area contributed by atoms with Gasteiger partial charge in [0.15, 0.2) is 5.82 Å². The summed E-state index contributed by atoms with van der Waals surface area (Å²) in [6.07, 6.45) is 8.97. The Kier molecular flexibility index (Phi) is 2.89. The Bertz CT molecular complexity index is 460. The van der Waals surface area contributed by atoms with E-state index < -0.39 is 0 Å². The number of fused-ring (bicyclic) bond motifs is 1. The maximum atomic E-state index is 5.33. The zero-order valence-corrected chi connectivity index (χ0v) is 8.17. The van der Waals surface area contributed by atoms with E-state index in [1.807, 2.05) is 16.6 Å². The normalized spacial score (nSPS) is 11.3. The Morgan fingerprint density at radius 2 is 2.40 bits per heavy atom. The number of nitrogens with two attached hydrogens (primary N) is 1. The molecule has 2 rings (SSSR count). The van der Waals surface area contributed by atoms with Crippen LogP contribution in [-0.2, 0) is 0 Å². The van der Waals surface area contributed by atoms with Gasteiger partial charge in [-0.05, 0) is 0 Å². The Labute approximate surface area is 86.8 Å². The van der Waals surface area contributed by atoms with E-state index in [2.05, 4.69) is 20.5 Å². The molecule has 3 N–H and O–H groups in total. The van der Waals surface area contributed by atoms with Crippen molar-refractivity contribution in [3.8, 4) is 0 Å². The monoisotopic (exact) mass is 204 g/mol. The van der Waals surface area contributed by atoms with Gasteiger partial charge in [0.05, 0.1) is 0 Å². The molecule has 0 bridgehead atoms. The first-order valence-electron chi connectivity index (χ1n) is 4.65. The molecule has 2 aromatic rings. The lowest BCUT2D eigenvalue weighted by Gasteiger charge is -2.02. The van der Waals surface area contributed by atoms with Gasteiger partial charge in [-0.3, -0.25) is 4.40 Å². The van der Waals surface area contributed by atoms with Crippen LogP contribution in [0.4, 0.5) is 5.82 Å². The highest BCUT2D eigenvalue weighted by Crippen LogP contribution is 2.08. The summed E-state index contributed by atoms with van der Waals surface area (Å²) >= 11 is 0. The van der Waals surface area contributed by atoms with Crippen LogP contribution in [0.15, 0.2) is 30.9 Å². The highest BCUT2D eigenvalue weighted by molar-refractivity contribution is 5.61. The smallest absolute Gasteiger partial charge is 0.203 e. The Morgan fingerprint density at radius 1 is 1.47 bits per heavy atom. The molecule has 6 heteroatoms. The third-order valence-electron chi connectivity index (χ3n) is 1.91. The Balaban J connectivity index is 2.13. The van der Waals surface area contributed by atoms with E-state index in [1.54, 1.807) is 18.7 Å². The average molecular weight is 204 g/mol. The van der Waals surface area contributed by atoms with Crippen molar-refractivity contribution in [2.24, 2.45) is 5.73 Å². The van der Waals surface area contributed by atoms with Crippen LogP contribution in [-0.4, -0.2) is 32.7 Å². The Morgan fingerprint density at radius 3 is 3.27 bits per heavy atom. The van der Waals surface area contributed by atoms with Crippen molar-refractivity contribution in [1.82, 2.24) is 19.6 Å². The number of nitrogens with one attached hydrogen (secondary N) is 1. The van der Waals surface area contributed by atoms with Gasteiger partial charge in [-0.25, -0.2) is 4.98 Å². The minimum atomic E-state index is 0.546. The summed E-state index contributed by atoms with van der Waals surface area (Å²) in [5, 5.41) is 10.9. The van der Waals surface area contributed by atoms with Gasteiger partial charge in [0, 0.05) is 25.5 Å². The van der Waals surface area contributed by atoms with Crippen LogP contribution in [0.25, 0.3) is 5.65 Å². The van der Waals surface area contributed by atoms with E-state index in [4.69, 9.17) is 5.73 Å². The first-order valence-corrected chi connectivity index (χ1v) is 4.65. The molecule has 0 aliphatic rings. The van der Waals surface area contributed by atoms with Gasteiger partial charge in [-0.15, -0.1) is 10.2 Å². The number of nitrogens with zero attached hydrogens (tertiary/aromatic N) is 4. The second-order valence-corrected chi connectivity index (χ2v) is 2.93. The molecule has 0 spiro atoms. The first kappa shape index (κ1) is 9.60. The minimum absolute atomic E-state index is 0.546. The molecule has 0 aliphatic carbocycles. The third kappa shape index (κ3) is 2.10. The highest BCUT2D eigenvalue weighted by Gasteiger charge is 2.01. The fourth-order valence-corrected chi connectivity index (χ4v) is 1.22. The fourth-order valence-electron chi connectivity index (χ4n) is 1.22. The second-order valence-electron chi connectivity index (χ2n) is 2.93. The lowest BCUT2D eigenvalue weighted by atomic mass is 10.5. The number of anilines is 1. The number of aromatic nitrogens is 4. The van der Waals surface area contributed by atoms with Gasteiger partial charge in [0.1, 0.15) is 6.33 Å². The van der Waals surface area contributed by atoms with Crippen molar-refractivity contribution in [2.45, 2.75) is 0 Å². The van der Waals surface area contributed by atoms with Crippen LogP contribution in [0.2, 0.25) is 0 Å². The lowest BCUT2D eigenvalue weighted by molar-refractivity contribution is 1.10. The predicted octanol–water partition coefficient (Wildman–Crippen LogP) is 0.0511. The maximum Gasteiger partial charge on any atom is 0.203 e. The van der Waals surface area contributed by atoms with Gasteiger partial charge >= 0.3 is 0 Å². The molecule has 0 aliphatic heterocycles. The standard InChI is InChI=1S/C9H12N6/c10-3-1-2-4-11-8-9-14-13-7-15(9)6-5-12-8/h1-2,5-7H,3-4,10H2,(H,11,12)/b2-1+. The second kappa shape index (κ2) is 4.52. The maximum absolute atomic E-state index is 5.33. The molecule has 78 valence electrons. The molecule has 15 heavy (non-hydrogen) atoms. The van der Waals surface area contributed by atoms with Crippen LogP contribution >= 0.6 is 0 Å². The number of hydrogen-bond acceptors (Lipinski definition) is 5. The first-order chi connectivity index (χ1) is 7.42. The summed E-state index contributed by atoms with van der Waals surface area (Å²) in [4.78, 5) is 4.18. The molecule has 0 fully saturated rings. The SMILES string of the molecule is NC/C=C/CNc1nccn2cnnc12. The molecule has 0 saturated heterocycles. The molecule has 6 nitrogen and oxygen atoms in total. The van der Waals surface area contributed by atoms with Crippen molar-refractivity contribution in [3.05, 3.63) is 30.9 Å². The van der Waals surface area contributed by atoms with Crippen molar-refractivity contribution in [1.29, 1.82) is 0 Å². The molecule has 0 unspecified atom stereocenters. The molecular weight excluding hydrogens is 192 g/mol. The van der Waals surface area contributed by atoms with Gasteiger partial charge in [-0.1, -0.05) is 12.2 Å². The zero-order chi connectivity index (χ0) is 10.5. The van der Waals surface area contributed by atoms with Crippen LogP contribution in [0, 0.1) is 0 Å². The average Bonchev–Trinajstić information content (AvgIpc) is 2.73. The molecule has 0 saturated carbocycles. The lowest BCUT2D eigenvalue weighted by Crippen LogP contribution is -2.03. The highest BCUT2D eigenvalue weighted by atomic mass is 15.2. The van der Waals surface area contributed by atoms with Crippen LogP contribution in [0.1, 0.15) is 0 Å². The van der Waals surface area contributed by atoms with Gasteiger partial charge in [0.2, 0.25) is 5.65 Å². The summed E-state index contributed by atoms with van der Waals surface area (Å²) in [6, 6.07) is 0. The number of rotatable bonds is 4. The van der Waals surface area contributed by atoms with E-state index >= 15 is 0 Å². The molecule has 0 amide bonds. The van der Waals surface area contributed by atoms with Crippen LogP contribution in [0.3, 0.4) is 0 Å². The van der Waals surface area contributed by atoms with E-state index in [0.717, 1.165) is 11.5 Å². The van der Waals surface area contributed by atoms with Crippen molar-refractivity contribution >= 4 is 11.5 Å².